The average Bonchev–Trinajstić information content (AvgIpc) is 3.44. The Balaban J connectivity index is 1.51. The summed E-state index contributed by atoms with van der Waals surface area (Å²) in [5.74, 6) is 0.896. The van der Waals surface area contributed by atoms with Crippen molar-refractivity contribution in [2.45, 2.75) is 88.7 Å². The standard InChI is InChI=1S/C24H33FN4O2S/c1-17(2)29(20-7-4-3-5-8-20)22(30)16-32-24-27-26-23(18-10-12-19(25)13-11-18)28(24)15-21-9-6-14-31-21/h10-13,17,20-21H,3-9,14-16H2,1-2H3. The van der Waals surface area contributed by atoms with Gasteiger partial charge in [0.25, 0.3) is 0 Å². The third kappa shape index (κ3) is 5.52. The summed E-state index contributed by atoms with van der Waals surface area (Å²) >= 11 is 1.44. The number of aromatic nitrogens is 3. The molecule has 1 aromatic heterocycles. The van der Waals surface area contributed by atoms with Gasteiger partial charge in [-0.05, 0) is 63.8 Å². The van der Waals surface area contributed by atoms with Gasteiger partial charge in [0.05, 0.1) is 18.4 Å². The molecule has 1 aliphatic carbocycles. The van der Waals surface area contributed by atoms with E-state index in [1.54, 1.807) is 12.1 Å². The van der Waals surface area contributed by atoms with Crippen LogP contribution in [0.4, 0.5) is 4.39 Å². The molecule has 1 amide bonds. The molecule has 1 saturated carbocycles. The zero-order valence-electron chi connectivity index (χ0n) is 19.0. The van der Waals surface area contributed by atoms with Crippen molar-refractivity contribution in [1.29, 1.82) is 0 Å². The van der Waals surface area contributed by atoms with Crippen LogP contribution in [0.2, 0.25) is 0 Å². The molecule has 32 heavy (non-hydrogen) atoms. The van der Waals surface area contributed by atoms with Gasteiger partial charge in [-0.3, -0.25) is 9.36 Å². The number of rotatable bonds is 8. The third-order valence-corrected chi connectivity index (χ3v) is 7.32. The molecule has 0 spiro atoms. The Bertz CT molecular complexity index is 890. The molecule has 2 fully saturated rings. The minimum Gasteiger partial charge on any atom is -0.376 e. The van der Waals surface area contributed by atoms with Gasteiger partial charge in [-0.15, -0.1) is 10.2 Å². The van der Waals surface area contributed by atoms with Gasteiger partial charge in [0.2, 0.25) is 5.91 Å². The molecule has 2 aliphatic rings. The van der Waals surface area contributed by atoms with E-state index in [0.717, 1.165) is 37.9 Å². The Labute approximate surface area is 193 Å². The fourth-order valence-corrected chi connectivity index (χ4v) is 5.65. The molecule has 1 saturated heterocycles. The molecule has 1 atom stereocenters. The fourth-order valence-electron chi connectivity index (χ4n) is 4.84. The van der Waals surface area contributed by atoms with E-state index in [1.807, 2.05) is 4.57 Å². The maximum Gasteiger partial charge on any atom is 0.233 e. The lowest BCUT2D eigenvalue weighted by Crippen LogP contribution is -2.46. The van der Waals surface area contributed by atoms with E-state index in [1.165, 1.54) is 43.2 Å². The smallest absolute Gasteiger partial charge is 0.233 e. The second-order valence-corrected chi connectivity index (χ2v) is 9.98. The normalized spacial score (nSPS) is 19.6. The number of halogens is 1. The van der Waals surface area contributed by atoms with Crippen LogP contribution in [-0.2, 0) is 16.1 Å². The van der Waals surface area contributed by atoms with Crippen molar-refractivity contribution in [3.63, 3.8) is 0 Å². The van der Waals surface area contributed by atoms with Crippen molar-refractivity contribution in [2.24, 2.45) is 0 Å². The van der Waals surface area contributed by atoms with E-state index in [2.05, 4.69) is 28.9 Å². The van der Waals surface area contributed by atoms with Crippen molar-refractivity contribution < 1.29 is 13.9 Å². The predicted octanol–water partition coefficient (Wildman–Crippen LogP) is 4.93. The van der Waals surface area contributed by atoms with E-state index >= 15 is 0 Å². The quantitative estimate of drug-likeness (QED) is 0.523. The summed E-state index contributed by atoms with van der Waals surface area (Å²) in [6, 6.07) is 6.83. The van der Waals surface area contributed by atoms with Crippen molar-refractivity contribution in [3.8, 4) is 11.4 Å². The molecule has 0 N–H and O–H groups in total. The Morgan fingerprint density at radius 2 is 1.91 bits per heavy atom. The van der Waals surface area contributed by atoms with Crippen LogP contribution >= 0.6 is 11.8 Å². The second-order valence-electron chi connectivity index (χ2n) is 9.03. The van der Waals surface area contributed by atoms with Gasteiger partial charge in [0.1, 0.15) is 5.82 Å². The molecule has 2 aromatic rings. The number of carbonyl (C=O) groups excluding carboxylic acids is 1. The topological polar surface area (TPSA) is 60.2 Å². The first-order valence-corrected chi connectivity index (χ1v) is 12.8. The Kier molecular flexibility index (Phi) is 7.84. The van der Waals surface area contributed by atoms with Crippen molar-refractivity contribution in [2.75, 3.05) is 12.4 Å². The monoisotopic (exact) mass is 460 g/mol. The number of thioether (sulfide) groups is 1. The first-order valence-electron chi connectivity index (χ1n) is 11.8. The molecular weight excluding hydrogens is 427 g/mol. The zero-order chi connectivity index (χ0) is 22.5. The van der Waals surface area contributed by atoms with E-state index in [4.69, 9.17) is 4.74 Å². The Morgan fingerprint density at radius 3 is 2.56 bits per heavy atom. The molecule has 1 aliphatic heterocycles. The van der Waals surface area contributed by atoms with Crippen LogP contribution in [0.3, 0.4) is 0 Å². The van der Waals surface area contributed by atoms with Crippen LogP contribution in [0, 0.1) is 5.82 Å². The van der Waals surface area contributed by atoms with Crippen LogP contribution in [0.5, 0.6) is 0 Å². The summed E-state index contributed by atoms with van der Waals surface area (Å²) < 4.78 is 21.3. The highest BCUT2D eigenvalue weighted by atomic mass is 32.2. The van der Waals surface area contributed by atoms with E-state index < -0.39 is 0 Å². The number of hydrogen-bond acceptors (Lipinski definition) is 5. The SMILES string of the molecule is CC(C)N(C(=O)CSc1nnc(-c2ccc(F)cc2)n1CC1CCCO1)C1CCCCC1. The Hall–Kier alpha value is -1.93. The summed E-state index contributed by atoms with van der Waals surface area (Å²) in [6.07, 6.45) is 8.00. The highest BCUT2D eigenvalue weighted by molar-refractivity contribution is 7.99. The largest absolute Gasteiger partial charge is 0.376 e. The van der Waals surface area contributed by atoms with Gasteiger partial charge in [-0.25, -0.2) is 4.39 Å². The summed E-state index contributed by atoms with van der Waals surface area (Å²) in [4.78, 5) is 15.3. The highest BCUT2D eigenvalue weighted by Gasteiger charge is 2.28. The molecule has 6 nitrogen and oxygen atoms in total. The van der Waals surface area contributed by atoms with E-state index in [0.29, 0.717) is 29.3 Å². The summed E-state index contributed by atoms with van der Waals surface area (Å²) in [5, 5.41) is 9.51. The molecule has 1 unspecified atom stereocenters. The average molecular weight is 461 g/mol. The molecule has 4 rings (SSSR count). The molecule has 0 radical (unpaired) electrons. The van der Waals surface area contributed by atoms with E-state index in [9.17, 15) is 9.18 Å². The number of carbonyl (C=O) groups is 1. The maximum atomic E-state index is 13.4. The number of benzene rings is 1. The number of hydrogen-bond donors (Lipinski definition) is 0. The molecule has 2 heterocycles. The maximum absolute atomic E-state index is 13.4. The van der Waals surface area contributed by atoms with Gasteiger partial charge in [0, 0.05) is 24.3 Å². The van der Waals surface area contributed by atoms with Crippen LogP contribution in [-0.4, -0.2) is 56.1 Å². The molecule has 8 heteroatoms. The number of ether oxygens (including phenoxy) is 1. The second kappa shape index (κ2) is 10.8. The van der Waals surface area contributed by atoms with Gasteiger partial charge < -0.3 is 9.64 Å². The molecular formula is C24H33FN4O2S. The van der Waals surface area contributed by atoms with Gasteiger partial charge in [-0.2, -0.15) is 0 Å². The van der Waals surface area contributed by atoms with E-state index in [-0.39, 0.29) is 23.9 Å². The Morgan fingerprint density at radius 1 is 1.16 bits per heavy atom. The lowest BCUT2D eigenvalue weighted by molar-refractivity contribution is -0.133. The van der Waals surface area contributed by atoms with Crippen molar-refractivity contribution in [3.05, 3.63) is 30.1 Å². The predicted molar refractivity (Wildman–Crippen MR) is 124 cm³/mol. The minimum atomic E-state index is -0.282. The minimum absolute atomic E-state index is 0.106. The number of amides is 1. The zero-order valence-corrected chi connectivity index (χ0v) is 19.8. The summed E-state index contributed by atoms with van der Waals surface area (Å²) in [7, 11) is 0. The highest BCUT2D eigenvalue weighted by Crippen LogP contribution is 2.29. The van der Waals surface area contributed by atoms with Crippen LogP contribution in [0.25, 0.3) is 11.4 Å². The number of nitrogens with zero attached hydrogens (tertiary/aromatic N) is 4. The third-order valence-electron chi connectivity index (χ3n) is 6.37. The molecule has 1 aromatic carbocycles. The van der Waals surface area contributed by atoms with Crippen molar-refractivity contribution >= 4 is 17.7 Å². The van der Waals surface area contributed by atoms with Gasteiger partial charge >= 0.3 is 0 Å². The fraction of sp³-hybridized carbons (Fsp3) is 0.625. The van der Waals surface area contributed by atoms with Crippen LogP contribution in [0.15, 0.2) is 29.4 Å². The van der Waals surface area contributed by atoms with Crippen molar-refractivity contribution in [1.82, 2.24) is 19.7 Å². The first-order chi connectivity index (χ1) is 15.5. The van der Waals surface area contributed by atoms with Crippen LogP contribution < -0.4 is 0 Å². The lowest BCUT2D eigenvalue weighted by Gasteiger charge is -2.37. The first kappa shape index (κ1) is 23.2. The lowest BCUT2D eigenvalue weighted by atomic mass is 9.93. The molecule has 174 valence electrons. The van der Waals surface area contributed by atoms with Crippen LogP contribution in [0.1, 0.15) is 58.8 Å². The summed E-state index contributed by atoms with van der Waals surface area (Å²) in [5.41, 5.74) is 0.807. The van der Waals surface area contributed by atoms with Gasteiger partial charge in [-0.1, -0.05) is 31.0 Å². The molecule has 0 bridgehead atoms. The summed E-state index contributed by atoms with van der Waals surface area (Å²) in [6.45, 7) is 5.60. The van der Waals surface area contributed by atoms with Gasteiger partial charge in [0.15, 0.2) is 11.0 Å².